The Balaban J connectivity index is 1.37. The fourth-order valence-electron chi connectivity index (χ4n) is 5.64. The van der Waals surface area contributed by atoms with E-state index in [-0.39, 0.29) is 40.0 Å². The highest BCUT2D eigenvalue weighted by atomic mass is 19.2. The van der Waals surface area contributed by atoms with E-state index in [4.69, 9.17) is 19.6 Å². The number of halogens is 3. The van der Waals surface area contributed by atoms with Gasteiger partial charge in [0.05, 0.1) is 28.9 Å². The van der Waals surface area contributed by atoms with Gasteiger partial charge in [-0.3, -0.25) is 9.59 Å². The van der Waals surface area contributed by atoms with Gasteiger partial charge in [-0.15, -0.1) is 0 Å². The van der Waals surface area contributed by atoms with Crippen molar-refractivity contribution in [2.24, 2.45) is 0 Å². The van der Waals surface area contributed by atoms with Crippen LogP contribution in [0.4, 0.5) is 13.2 Å². The van der Waals surface area contributed by atoms with Gasteiger partial charge in [-0.2, -0.15) is 4.39 Å². The number of H-pyrrole nitrogens is 2. The predicted molar refractivity (Wildman–Crippen MR) is 155 cm³/mol. The van der Waals surface area contributed by atoms with E-state index in [2.05, 4.69) is 15.3 Å². The van der Waals surface area contributed by atoms with Gasteiger partial charge in [0.15, 0.2) is 11.6 Å². The summed E-state index contributed by atoms with van der Waals surface area (Å²) in [6.45, 7) is 2.36. The van der Waals surface area contributed by atoms with Gasteiger partial charge in [-0.05, 0) is 49.6 Å². The minimum Gasteiger partial charge on any atom is -0.493 e. The molecular formula is C32H27F3N4O5. The highest BCUT2D eigenvalue weighted by Crippen LogP contribution is 2.45. The summed E-state index contributed by atoms with van der Waals surface area (Å²) in [5.74, 6) is -4.76. The molecule has 0 spiro atoms. The molecule has 12 heteroatoms. The van der Waals surface area contributed by atoms with Crippen LogP contribution in [0.25, 0.3) is 22.3 Å². The molecule has 1 amide bonds. The quantitative estimate of drug-likeness (QED) is 0.166. The van der Waals surface area contributed by atoms with Crippen molar-refractivity contribution in [3.8, 4) is 28.6 Å². The van der Waals surface area contributed by atoms with Crippen LogP contribution in [0.15, 0.2) is 54.9 Å². The monoisotopic (exact) mass is 604 g/mol. The first kappa shape index (κ1) is 28.8. The number of rotatable bonds is 8. The molecule has 5 aromatic rings. The second-order valence-electron chi connectivity index (χ2n) is 10.7. The third kappa shape index (κ3) is 4.81. The van der Waals surface area contributed by atoms with Crippen LogP contribution in [-0.2, 0) is 16.6 Å². The minimum atomic E-state index is -1.38. The molecule has 0 fully saturated rings. The van der Waals surface area contributed by atoms with E-state index in [1.165, 1.54) is 31.4 Å². The summed E-state index contributed by atoms with van der Waals surface area (Å²) in [5.41, 5.74) is 1.18. The average molecular weight is 605 g/mol. The van der Waals surface area contributed by atoms with E-state index >= 15 is 8.78 Å². The van der Waals surface area contributed by atoms with Crippen molar-refractivity contribution in [3.05, 3.63) is 94.7 Å². The lowest BCUT2D eigenvalue weighted by molar-refractivity contribution is -0.136. The maximum absolute atomic E-state index is 15.2. The van der Waals surface area contributed by atoms with Gasteiger partial charge >= 0.3 is 5.97 Å². The molecular weight excluding hydrogens is 577 g/mol. The van der Waals surface area contributed by atoms with Gasteiger partial charge in [0, 0.05) is 42.2 Å². The molecule has 9 nitrogen and oxygen atoms in total. The minimum absolute atomic E-state index is 0.00457. The van der Waals surface area contributed by atoms with Crippen molar-refractivity contribution in [1.29, 1.82) is 0 Å². The second-order valence-corrected chi connectivity index (χ2v) is 10.7. The standard InChI is InChI=1S/C32H27F3N4O5/c1-32(11-13-43-28-16(6-9-23(40)41)4-3-5-20(28)32)22-15-38-30(39-22)19-14-17(7-8-21(19)33)44-29-24(31(42)36-2)18-10-12-37-27(18)25(34)26(29)35/h3-5,7-8,10,12,14-15,37H,6,9,11,13H2,1-2H3,(H,36,42)(H,38,39)(H,40,41)/t32-/m1/s1. The number of nitrogens with one attached hydrogen (secondary N) is 3. The number of hydrogen-bond donors (Lipinski definition) is 4. The van der Waals surface area contributed by atoms with Crippen LogP contribution in [0.1, 0.15) is 46.9 Å². The first-order chi connectivity index (χ1) is 21.1. The van der Waals surface area contributed by atoms with E-state index in [0.717, 1.165) is 17.2 Å². The Hall–Kier alpha value is -5.26. The lowest BCUT2D eigenvalue weighted by Gasteiger charge is -2.35. The number of carbonyl (C=O) groups is 2. The van der Waals surface area contributed by atoms with Crippen LogP contribution in [0.5, 0.6) is 17.2 Å². The topological polar surface area (TPSA) is 129 Å². The van der Waals surface area contributed by atoms with Crippen LogP contribution < -0.4 is 14.8 Å². The number of hydrogen-bond acceptors (Lipinski definition) is 5. The SMILES string of the molecule is CNC(=O)c1c(Oc2ccc(F)c(-c3nc([C@]4(C)CCOc5c(CCC(=O)O)cccc54)c[nH]3)c2)c(F)c(F)c2[nH]ccc12. The molecule has 4 N–H and O–H groups in total. The normalized spacial score (nSPS) is 15.9. The van der Waals surface area contributed by atoms with Crippen LogP contribution in [0.2, 0.25) is 0 Å². The van der Waals surface area contributed by atoms with E-state index in [0.29, 0.717) is 30.9 Å². The van der Waals surface area contributed by atoms with Crippen LogP contribution >= 0.6 is 0 Å². The van der Waals surface area contributed by atoms with Gasteiger partial charge in [-0.25, -0.2) is 13.8 Å². The summed E-state index contributed by atoms with van der Waals surface area (Å²) in [5, 5.41) is 11.7. The number of para-hydroxylation sites is 1. The summed E-state index contributed by atoms with van der Waals surface area (Å²) in [6, 6.07) is 10.6. The molecule has 0 saturated heterocycles. The highest BCUT2D eigenvalue weighted by Gasteiger charge is 2.38. The first-order valence-electron chi connectivity index (χ1n) is 13.8. The van der Waals surface area contributed by atoms with E-state index < -0.39 is 40.5 Å². The van der Waals surface area contributed by atoms with Gasteiger partial charge < -0.3 is 29.9 Å². The van der Waals surface area contributed by atoms with Crippen LogP contribution in [0, 0.1) is 17.5 Å². The number of ether oxygens (including phenoxy) is 2. The summed E-state index contributed by atoms with van der Waals surface area (Å²) in [6.07, 6.45) is 3.87. The zero-order valence-corrected chi connectivity index (χ0v) is 23.7. The molecule has 1 atom stereocenters. The third-order valence-corrected chi connectivity index (χ3v) is 8.01. The smallest absolute Gasteiger partial charge is 0.303 e. The number of nitrogens with zero attached hydrogens (tertiary/aromatic N) is 1. The number of aryl methyl sites for hydroxylation is 1. The molecule has 3 heterocycles. The van der Waals surface area contributed by atoms with Crippen molar-refractivity contribution in [1.82, 2.24) is 20.3 Å². The van der Waals surface area contributed by atoms with Gasteiger partial charge in [0.25, 0.3) is 5.91 Å². The molecule has 2 aromatic heterocycles. The van der Waals surface area contributed by atoms with Gasteiger partial charge in [-0.1, -0.05) is 18.2 Å². The Kier molecular flexibility index (Phi) is 7.28. The number of amides is 1. The molecule has 0 saturated carbocycles. The number of aromatic nitrogens is 3. The summed E-state index contributed by atoms with van der Waals surface area (Å²) in [4.78, 5) is 34.2. The van der Waals surface area contributed by atoms with E-state index in [9.17, 15) is 14.0 Å². The number of imidazole rings is 1. The Bertz CT molecular complexity index is 1930. The summed E-state index contributed by atoms with van der Waals surface area (Å²) < 4.78 is 56.9. The maximum Gasteiger partial charge on any atom is 0.303 e. The van der Waals surface area contributed by atoms with Gasteiger partial charge in [0.1, 0.15) is 23.1 Å². The molecule has 0 aliphatic carbocycles. The van der Waals surface area contributed by atoms with Crippen molar-refractivity contribution in [3.63, 3.8) is 0 Å². The molecule has 44 heavy (non-hydrogen) atoms. The zero-order valence-electron chi connectivity index (χ0n) is 23.7. The highest BCUT2D eigenvalue weighted by molar-refractivity contribution is 6.09. The van der Waals surface area contributed by atoms with Crippen molar-refractivity contribution in [2.45, 2.75) is 31.6 Å². The molecule has 1 aliphatic rings. The van der Waals surface area contributed by atoms with Crippen molar-refractivity contribution >= 4 is 22.8 Å². The fraction of sp³-hybridized carbons (Fsp3) is 0.219. The van der Waals surface area contributed by atoms with Crippen molar-refractivity contribution in [2.75, 3.05) is 13.7 Å². The molecule has 0 unspecified atom stereocenters. The lowest BCUT2D eigenvalue weighted by atomic mass is 9.74. The largest absolute Gasteiger partial charge is 0.493 e. The van der Waals surface area contributed by atoms with Crippen molar-refractivity contribution < 1.29 is 37.3 Å². The summed E-state index contributed by atoms with van der Waals surface area (Å²) in [7, 11) is 1.35. The first-order valence-corrected chi connectivity index (χ1v) is 13.8. The third-order valence-electron chi connectivity index (χ3n) is 8.01. The number of aromatic amines is 2. The van der Waals surface area contributed by atoms with Crippen LogP contribution in [0.3, 0.4) is 0 Å². The molecule has 0 radical (unpaired) electrons. The number of carbonyl (C=O) groups excluding carboxylic acids is 1. The Morgan fingerprint density at radius 1 is 1.14 bits per heavy atom. The number of fused-ring (bicyclic) bond motifs is 2. The second kappa shape index (κ2) is 11.1. The fourth-order valence-corrected chi connectivity index (χ4v) is 5.64. The molecule has 1 aliphatic heterocycles. The van der Waals surface area contributed by atoms with Gasteiger partial charge in [0.2, 0.25) is 5.82 Å². The zero-order chi connectivity index (χ0) is 31.2. The molecule has 6 rings (SSSR count). The number of aliphatic carboxylic acids is 1. The number of carboxylic acids is 1. The number of carboxylic acid groups (broad SMARTS) is 1. The maximum atomic E-state index is 15.2. The Morgan fingerprint density at radius 3 is 2.73 bits per heavy atom. The van der Waals surface area contributed by atoms with Crippen LogP contribution in [-0.4, -0.2) is 45.6 Å². The lowest BCUT2D eigenvalue weighted by Crippen LogP contribution is -2.32. The van der Waals surface area contributed by atoms with E-state index in [1.54, 1.807) is 6.20 Å². The van der Waals surface area contributed by atoms with E-state index in [1.807, 2.05) is 25.1 Å². The Labute approximate surface area is 249 Å². The molecule has 0 bridgehead atoms. The average Bonchev–Trinajstić information content (AvgIpc) is 3.71. The molecule has 226 valence electrons. The summed E-state index contributed by atoms with van der Waals surface area (Å²) >= 11 is 0. The Morgan fingerprint density at radius 2 is 1.95 bits per heavy atom. The number of benzene rings is 3. The predicted octanol–water partition coefficient (Wildman–Crippen LogP) is 6.23. The molecule has 3 aromatic carbocycles.